The molecule has 0 saturated heterocycles. The van der Waals surface area contributed by atoms with Crippen LogP contribution in [0.15, 0.2) is 113 Å². The highest BCUT2D eigenvalue weighted by Crippen LogP contribution is 2.50. The van der Waals surface area contributed by atoms with Gasteiger partial charge in [0.1, 0.15) is 17.3 Å². The first-order valence-electron chi connectivity index (χ1n) is 12.9. The van der Waals surface area contributed by atoms with Crippen molar-refractivity contribution in [2.75, 3.05) is 4.90 Å². The minimum atomic E-state index is -0.438. The van der Waals surface area contributed by atoms with Crippen LogP contribution in [0.4, 0.5) is 17.2 Å². The van der Waals surface area contributed by atoms with Crippen LogP contribution in [-0.2, 0) is 5.41 Å². The van der Waals surface area contributed by atoms with Crippen molar-refractivity contribution in [2.24, 2.45) is 0 Å². The van der Waals surface area contributed by atoms with Crippen molar-refractivity contribution in [2.45, 2.75) is 19.3 Å². The van der Waals surface area contributed by atoms with E-state index in [0.29, 0.717) is 16.9 Å². The molecule has 5 heteroatoms. The Balaban J connectivity index is 1.30. The summed E-state index contributed by atoms with van der Waals surface area (Å²) in [7, 11) is 0. The number of nitrogens with zero attached hydrogens (tertiary/aromatic N) is 2. The zero-order valence-corrected chi connectivity index (χ0v) is 21.5. The Kier molecular flexibility index (Phi) is 5.04. The molecule has 2 aromatic heterocycles. The van der Waals surface area contributed by atoms with Gasteiger partial charge in [0.25, 0.3) is 0 Å². The van der Waals surface area contributed by atoms with Crippen LogP contribution in [0.3, 0.4) is 0 Å². The number of carbonyl (C=O) groups excluding carboxylic acids is 2. The Morgan fingerprint density at radius 2 is 1.28 bits per heavy atom. The summed E-state index contributed by atoms with van der Waals surface area (Å²) in [5.41, 5.74) is 5.43. The summed E-state index contributed by atoms with van der Waals surface area (Å²) in [6.07, 6.45) is 1.58. The van der Waals surface area contributed by atoms with E-state index in [2.05, 4.69) is 43.0 Å². The lowest BCUT2D eigenvalue weighted by Crippen LogP contribution is -2.19. The van der Waals surface area contributed by atoms with E-state index in [0.717, 1.165) is 39.8 Å². The topological polar surface area (TPSA) is 63.4 Å². The van der Waals surface area contributed by atoms with Gasteiger partial charge in [-0.1, -0.05) is 60.7 Å². The molecule has 0 spiro atoms. The van der Waals surface area contributed by atoms with Gasteiger partial charge in [0, 0.05) is 39.0 Å². The van der Waals surface area contributed by atoms with Gasteiger partial charge in [-0.15, -0.1) is 0 Å². The second-order valence-corrected chi connectivity index (χ2v) is 10.4. The van der Waals surface area contributed by atoms with Crippen molar-refractivity contribution in [3.8, 4) is 11.3 Å². The van der Waals surface area contributed by atoms with Crippen molar-refractivity contribution in [3.05, 3.63) is 137 Å². The van der Waals surface area contributed by atoms with Gasteiger partial charge in [-0.3, -0.25) is 14.5 Å². The number of allylic oxidation sites excluding steroid dienone is 1. The molecule has 188 valence electrons. The maximum atomic E-state index is 12.9. The molecule has 5 aromatic rings. The van der Waals surface area contributed by atoms with E-state index in [1.807, 2.05) is 54.6 Å². The molecule has 2 aliphatic carbocycles. The van der Waals surface area contributed by atoms with Crippen molar-refractivity contribution in [1.82, 2.24) is 4.98 Å². The molecular weight excluding hydrogens is 484 g/mol. The summed E-state index contributed by atoms with van der Waals surface area (Å²) < 4.78 is 6.28. The lowest BCUT2D eigenvalue weighted by molar-refractivity contribution is 0.0990. The number of Topliss-reactive ketones (excluding diaryl/α,β-unsaturated/α-hetero) is 2. The second kappa shape index (κ2) is 8.50. The van der Waals surface area contributed by atoms with Crippen molar-refractivity contribution in [1.29, 1.82) is 0 Å². The van der Waals surface area contributed by atoms with Gasteiger partial charge in [-0.05, 0) is 62.4 Å². The number of ketones is 2. The molecular formula is C34H24N2O3. The van der Waals surface area contributed by atoms with E-state index < -0.39 is 5.41 Å². The molecule has 0 radical (unpaired) electrons. The normalized spacial score (nSPS) is 14.7. The second-order valence-electron chi connectivity index (χ2n) is 10.4. The maximum Gasteiger partial charge on any atom is 0.197 e. The van der Waals surface area contributed by atoms with Crippen LogP contribution in [0.1, 0.15) is 51.6 Å². The van der Waals surface area contributed by atoms with E-state index in [1.54, 1.807) is 30.3 Å². The number of aromatic nitrogens is 1. The molecule has 0 bridgehead atoms. The quantitative estimate of drug-likeness (QED) is 0.182. The van der Waals surface area contributed by atoms with Crippen LogP contribution in [0.2, 0.25) is 0 Å². The molecule has 0 amide bonds. The van der Waals surface area contributed by atoms with E-state index >= 15 is 0 Å². The minimum Gasteiger partial charge on any atom is -0.456 e. The monoisotopic (exact) mass is 508 g/mol. The van der Waals surface area contributed by atoms with Gasteiger partial charge in [0.2, 0.25) is 0 Å². The summed E-state index contributed by atoms with van der Waals surface area (Å²) in [6.45, 7) is 4.25. The first kappa shape index (κ1) is 23.1. The summed E-state index contributed by atoms with van der Waals surface area (Å²) in [5.74, 6) is 1.50. The van der Waals surface area contributed by atoms with Gasteiger partial charge in [0.15, 0.2) is 11.6 Å². The predicted molar refractivity (Wildman–Crippen MR) is 152 cm³/mol. The number of furan rings is 1. The van der Waals surface area contributed by atoms with E-state index in [1.165, 1.54) is 0 Å². The lowest BCUT2D eigenvalue weighted by Gasteiger charge is -2.26. The van der Waals surface area contributed by atoms with Gasteiger partial charge >= 0.3 is 0 Å². The van der Waals surface area contributed by atoms with Gasteiger partial charge < -0.3 is 4.42 Å². The molecule has 7 rings (SSSR count). The number of benzene rings is 3. The third-order valence-electron chi connectivity index (χ3n) is 7.59. The number of para-hydroxylation sites is 2. The standard InChI is InChI=1S/C34H24N2O3/c1-34(2)28-20-23(19-27-30(37)24-15-9-10-16-25(24)31(27)38)39-32(28)26-17-18-29(35-33(26)34)36(21-11-5-3-6-12-21)22-13-7-4-8-14-22/h3-20H,1-2H3. The Bertz CT molecular complexity index is 1740. The van der Waals surface area contributed by atoms with Crippen LogP contribution in [0.5, 0.6) is 0 Å². The third kappa shape index (κ3) is 3.51. The molecule has 0 unspecified atom stereocenters. The number of anilines is 3. The molecule has 0 atom stereocenters. The Morgan fingerprint density at radius 3 is 1.87 bits per heavy atom. The summed E-state index contributed by atoms with van der Waals surface area (Å²) in [5, 5.41) is 0. The average Bonchev–Trinajstić information content (AvgIpc) is 3.56. The largest absolute Gasteiger partial charge is 0.456 e. The zero-order chi connectivity index (χ0) is 26.7. The van der Waals surface area contributed by atoms with Gasteiger partial charge in [-0.25, -0.2) is 4.98 Å². The highest BCUT2D eigenvalue weighted by molar-refractivity contribution is 6.41. The lowest BCUT2D eigenvalue weighted by atomic mass is 9.86. The van der Waals surface area contributed by atoms with Gasteiger partial charge in [-0.2, -0.15) is 0 Å². The molecule has 2 aliphatic rings. The summed E-state index contributed by atoms with van der Waals surface area (Å²) in [4.78, 5) is 33.1. The fourth-order valence-electron chi connectivity index (χ4n) is 5.62. The van der Waals surface area contributed by atoms with Crippen LogP contribution in [-0.4, -0.2) is 16.6 Å². The number of hydrogen-bond donors (Lipinski definition) is 0. The summed E-state index contributed by atoms with van der Waals surface area (Å²) >= 11 is 0. The van der Waals surface area contributed by atoms with E-state index in [9.17, 15) is 9.59 Å². The zero-order valence-electron chi connectivity index (χ0n) is 21.5. The fraction of sp³-hybridized carbons (Fsp3) is 0.0882. The van der Waals surface area contributed by atoms with Crippen LogP contribution in [0.25, 0.3) is 17.4 Å². The minimum absolute atomic E-state index is 0.136. The third-order valence-corrected chi connectivity index (χ3v) is 7.59. The van der Waals surface area contributed by atoms with Crippen molar-refractivity contribution in [3.63, 3.8) is 0 Å². The number of hydrogen-bond acceptors (Lipinski definition) is 5. The Labute approximate surface area is 226 Å². The van der Waals surface area contributed by atoms with Crippen molar-refractivity contribution < 1.29 is 14.0 Å². The summed E-state index contributed by atoms with van der Waals surface area (Å²) in [6, 6.07) is 33.3. The SMILES string of the molecule is CC1(C)c2cc(C=C3C(=O)c4ccccc4C3=O)oc2-c2ccc(N(c3ccccc3)c3ccccc3)nc21. The fourth-order valence-corrected chi connectivity index (χ4v) is 5.62. The molecule has 0 N–H and O–H groups in total. The van der Waals surface area contributed by atoms with E-state index in [-0.39, 0.29) is 17.1 Å². The van der Waals surface area contributed by atoms with Crippen LogP contribution >= 0.6 is 0 Å². The highest BCUT2D eigenvalue weighted by Gasteiger charge is 2.41. The highest BCUT2D eigenvalue weighted by atomic mass is 16.3. The molecule has 3 aromatic carbocycles. The molecule has 0 aliphatic heterocycles. The molecule has 0 fully saturated rings. The number of pyridine rings is 1. The van der Waals surface area contributed by atoms with Crippen LogP contribution < -0.4 is 4.90 Å². The van der Waals surface area contributed by atoms with Gasteiger partial charge in [0.05, 0.1) is 11.3 Å². The Morgan fingerprint density at radius 1 is 0.718 bits per heavy atom. The molecule has 2 heterocycles. The Hall–Kier alpha value is -5.03. The smallest absolute Gasteiger partial charge is 0.197 e. The molecule has 39 heavy (non-hydrogen) atoms. The number of carbonyl (C=O) groups is 2. The predicted octanol–water partition coefficient (Wildman–Crippen LogP) is 7.91. The maximum absolute atomic E-state index is 12.9. The number of fused-ring (bicyclic) bond motifs is 4. The van der Waals surface area contributed by atoms with E-state index in [4.69, 9.17) is 9.40 Å². The average molecular weight is 509 g/mol. The molecule has 5 nitrogen and oxygen atoms in total. The first-order valence-corrected chi connectivity index (χ1v) is 12.9. The molecule has 0 saturated carbocycles. The van der Waals surface area contributed by atoms with Crippen molar-refractivity contribution >= 4 is 34.8 Å². The first-order chi connectivity index (χ1) is 18.9. The number of rotatable bonds is 4. The van der Waals surface area contributed by atoms with Crippen LogP contribution in [0, 0.1) is 0 Å².